The molecule has 11 nitrogen and oxygen atoms in total. The number of carbonyl (C=O) groups excluding carboxylic acids is 3. The number of rotatable bonds is 14. The van der Waals surface area contributed by atoms with Gasteiger partial charge in [0.15, 0.2) is 11.6 Å². The van der Waals surface area contributed by atoms with Gasteiger partial charge in [0.25, 0.3) is 0 Å². The first-order valence-electron chi connectivity index (χ1n) is 13.0. The molecule has 0 heterocycles. The molecule has 0 radical (unpaired) electrons. The second-order valence-corrected chi connectivity index (χ2v) is 10.4. The van der Waals surface area contributed by atoms with E-state index in [0.29, 0.717) is 30.6 Å². The Morgan fingerprint density at radius 3 is 2.38 bits per heavy atom. The van der Waals surface area contributed by atoms with Gasteiger partial charge in [-0.15, -0.1) is 6.58 Å². The number of nitrogens with one attached hydrogen (secondary N) is 1. The highest BCUT2D eigenvalue weighted by molar-refractivity contribution is 6.03. The summed E-state index contributed by atoms with van der Waals surface area (Å²) in [5.74, 6) is -3.38. The van der Waals surface area contributed by atoms with Crippen molar-refractivity contribution < 1.29 is 37.7 Å². The average molecular weight is 555 g/mol. The number of carbonyl (C=O) groups is 3. The predicted molar refractivity (Wildman–Crippen MR) is 155 cm³/mol. The number of amides is 1. The summed E-state index contributed by atoms with van der Waals surface area (Å²) in [6.45, 7) is 3.46. The Morgan fingerprint density at radius 1 is 1.28 bits per heavy atom. The molecule has 224 valence electrons. The summed E-state index contributed by atoms with van der Waals surface area (Å²) >= 11 is 0. The van der Waals surface area contributed by atoms with Crippen molar-refractivity contribution in [1.82, 2.24) is 10.2 Å². The van der Waals surface area contributed by atoms with Crippen LogP contribution in [-0.4, -0.2) is 103 Å². The Kier molecular flexibility index (Phi) is 13.8. The molecule has 0 spiro atoms. The number of Topliss-reactive ketones (excluding diaryl/α,β-unsaturated/α-hetero) is 2. The number of hydrogen-bond donors (Lipinski definition) is 6. The molecule has 7 N–H and O–H groups in total. The van der Waals surface area contributed by atoms with E-state index in [2.05, 4.69) is 11.9 Å². The number of hydrogen-bond acceptors (Lipinski definition) is 10. The number of benzene rings is 1. The maximum absolute atomic E-state index is 13.3. The van der Waals surface area contributed by atoms with Crippen LogP contribution in [-0.2, 0) is 22.6 Å². The molecule has 0 saturated carbocycles. The topological polar surface area (TPSA) is 177 Å². The van der Waals surface area contributed by atoms with Crippen molar-refractivity contribution in [2.45, 2.75) is 44.2 Å². The molecule has 1 aromatic rings. The van der Waals surface area contributed by atoms with E-state index >= 15 is 0 Å². The lowest BCUT2D eigenvalue weighted by Gasteiger charge is -2.37. The zero-order valence-electron chi connectivity index (χ0n) is 23.9. The van der Waals surface area contributed by atoms with Gasteiger partial charge in [0.1, 0.15) is 11.4 Å². The Labute approximate surface area is 234 Å². The third-order valence-corrected chi connectivity index (χ3v) is 6.90. The maximum atomic E-state index is 13.3. The third kappa shape index (κ3) is 8.84. The summed E-state index contributed by atoms with van der Waals surface area (Å²) in [6, 6.07) is 1.86. The summed E-state index contributed by atoms with van der Waals surface area (Å²) in [4.78, 5) is 41.0. The molecule has 2 rings (SSSR count). The van der Waals surface area contributed by atoms with Crippen LogP contribution in [0.5, 0.6) is 5.75 Å². The van der Waals surface area contributed by atoms with Crippen LogP contribution < -0.4 is 16.0 Å². The average Bonchev–Trinajstić information content (AvgIpc) is 2.84. The number of phenolic OH excluding ortho intramolecular Hbond substituents is 1. The molecule has 0 bridgehead atoms. The molecular weight excluding hydrogens is 504 g/mol. The van der Waals surface area contributed by atoms with Crippen molar-refractivity contribution in [3.63, 3.8) is 0 Å². The van der Waals surface area contributed by atoms with Crippen LogP contribution in [0.4, 0.5) is 5.69 Å². The second-order valence-electron chi connectivity index (χ2n) is 10.4. The van der Waals surface area contributed by atoms with Gasteiger partial charge in [0, 0.05) is 54.3 Å². The molecule has 1 aliphatic rings. The number of aliphatic hydroxyl groups is 3. The van der Waals surface area contributed by atoms with Gasteiger partial charge in [-0.1, -0.05) is 6.08 Å². The number of aliphatic hydroxyl groups excluding tert-OH is 2. The lowest BCUT2D eigenvalue weighted by molar-refractivity contribution is -0.153. The minimum Gasteiger partial charge on any atom is -0.507 e. The van der Waals surface area contributed by atoms with Gasteiger partial charge in [-0.25, -0.2) is 0 Å². The van der Waals surface area contributed by atoms with Crippen molar-refractivity contribution in [2.24, 2.45) is 17.6 Å². The molecular formula is C28H50N4O7. The monoisotopic (exact) mass is 554 g/mol. The lowest BCUT2D eigenvalue weighted by atomic mass is 9.71. The van der Waals surface area contributed by atoms with Crippen LogP contribution in [0.3, 0.4) is 0 Å². The molecule has 0 aliphatic heterocycles. The highest BCUT2D eigenvalue weighted by atomic mass is 16.3. The van der Waals surface area contributed by atoms with Crippen molar-refractivity contribution in [3.05, 3.63) is 35.4 Å². The smallest absolute Gasteiger partial charge is 0.224 e. The SMILES string of the molecule is C=CCN(C)Cc1cc(N(C)C)c2c(c1O)C(=O)CC(CC(CCO)[C@](O)(CO)C(=O)CC(N)=O)C2.CNC.[HH].[HH]. The molecule has 1 aromatic carbocycles. The molecule has 3 atom stereocenters. The number of aromatic hydroxyl groups is 1. The van der Waals surface area contributed by atoms with E-state index in [0.717, 1.165) is 5.69 Å². The molecule has 0 aromatic heterocycles. The van der Waals surface area contributed by atoms with E-state index in [-0.39, 0.29) is 51.7 Å². The van der Waals surface area contributed by atoms with Crippen molar-refractivity contribution >= 4 is 23.2 Å². The van der Waals surface area contributed by atoms with Crippen LogP contribution in [0.15, 0.2) is 18.7 Å². The van der Waals surface area contributed by atoms with E-state index < -0.39 is 36.2 Å². The molecule has 11 heteroatoms. The maximum Gasteiger partial charge on any atom is 0.224 e. The van der Waals surface area contributed by atoms with Crippen LogP contribution in [0, 0.1) is 11.8 Å². The standard InChI is InChI=1S/C26H39N3O7.C2H7N.2H2/c1-5-7-29(4)14-17-12-20(28(2)3)19-10-16(11-21(32)24(19)25(17)35)9-18(6-8-30)26(36,15-31)22(33)13-23(27)34;1-3-2;;/h5,12,16,18,30-31,35-36H,1,6-11,13-15H2,2-4H3,(H2,27,34);3H,1-2H3;2*1H/t16?,18?,26-;;;/m1.../s1. The largest absolute Gasteiger partial charge is 0.507 e. The Bertz CT molecular complexity index is 1030. The van der Waals surface area contributed by atoms with E-state index in [1.807, 2.05) is 51.1 Å². The van der Waals surface area contributed by atoms with Crippen molar-refractivity contribution in [1.29, 1.82) is 0 Å². The minimum atomic E-state index is -2.27. The first-order chi connectivity index (χ1) is 18.3. The Hall–Kier alpha value is -2.83. The zero-order valence-corrected chi connectivity index (χ0v) is 23.9. The first kappa shape index (κ1) is 34.2. The highest BCUT2D eigenvalue weighted by Gasteiger charge is 2.45. The molecule has 2 unspecified atom stereocenters. The number of likely N-dealkylation sites (N-methyl/N-ethyl adjacent to an activating group) is 1. The second kappa shape index (κ2) is 15.7. The number of nitrogens with zero attached hydrogens (tertiary/aromatic N) is 2. The third-order valence-electron chi connectivity index (χ3n) is 6.90. The summed E-state index contributed by atoms with van der Waals surface area (Å²) in [5, 5.41) is 44.2. The molecule has 1 aliphatic carbocycles. The number of ketones is 2. The highest BCUT2D eigenvalue weighted by Crippen LogP contribution is 2.43. The number of phenols is 1. The number of anilines is 1. The molecule has 0 fully saturated rings. The fourth-order valence-electron chi connectivity index (χ4n) is 5.11. The summed E-state index contributed by atoms with van der Waals surface area (Å²) in [7, 11) is 9.33. The van der Waals surface area contributed by atoms with Gasteiger partial charge in [-0.05, 0) is 63.9 Å². The Morgan fingerprint density at radius 2 is 1.90 bits per heavy atom. The predicted octanol–water partition coefficient (Wildman–Crippen LogP) is 0.705. The molecule has 1 amide bonds. The van der Waals surface area contributed by atoms with E-state index in [1.54, 1.807) is 6.08 Å². The van der Waals surface area contributed by atoms with Gasteiger partial charge in [0.05, 0.1) is 18.6 Å². The minimum absolute atomic E-state index is 0. The Balaban J connectivity index is 0. The van der Waals surface area contributed by atoms with Gasteiger partial charge in [-0.3, -0.25) is 19.3 Å². The summed E-state index contributed by atoms with van der Waals surface area (Å²) in [5.41, 5.74) is 5.20. The van der Waals surface area contributed by atoms with Crippen LogP contribution >= 0.6 is 0 Å². The number of fused-ring (bicyclic) bond motifs is 1. The number of nitrogens with two attached hydrogens (primary N) is 1. The number of primary amides is 1. The van der Waals surface area contributed by atoms with Crippen LogP contribution in [0.25, 0.3) is 0 Å². The fourth-order valence-corrected chi connectivity index (χ4v) is 5.11. The summed E-state index contributed by atoms with van der Waals surface area (Å²) < 4.78 is 0. The van der Waals surface area contributed by atoms with Crippen molar-refractivity contribution in [3.8, 4) is 5.75 Å². The van der Waals surface area contributed by atoms with Gasteiger partial charge in [-0.2, -0.15) is 0 Å². The van der Waals surface area contributed by atoms with Crippen molar-refractivity contribution in [2.75, 3.05) is 59.9 Å². The molecule has 39 heavy (non-hydrogen) atoms. The quantitative estimate of drug-likeness (QED) is 0.142. The van der Waals surface area contributed by atoms with E-state index in [1.165, 1.54) is 0 Å². The van der Waals surface area contributed by atoms with Gasteiger partial charge < -0.3 is 36.4 Å². The van der Waals surface area contributed by atoms with Crippen LogP contribution in [0.2, 0.25) is 0 Å². The van der Waals surface area contributed by atoms with E-state index in [4.69, 9.17) is 5.73 Å². The van der Waals surface area contributed by atoms with Crippen LogP contribution in [0.1, 0.15) is 50.0 Å². The first-order valence-corrected chi connectivity index (χ1v) is 13.0. The zero-order chi connectivity index (χ0) is 29.9. The summed E-state index contributed by atoms with van der Waals surface area (Å²) in [6.07, 6.45) is 1.59. The van der Waals surface area contributed by atoms with Gasteiger partial charge >= 0.3 is 0 Å². The lowest BCUT2D eigenvalue weighted by Crippen LogP contribution is -2.51. The molecule has 0 saturated heterocycles. The van der Waals surface area contributed by atoms with E-state index in [9.17, 15) is 34.8 Å². The van der Waals surface area contributed by atoms with Gasteiger partial charge in [0.2, 0.25) is 5.91 Å². The fraction of sp³-hybridized carbons (Fsp3) is 0.607. The normalized spacial score (nSPS) is 16.9.